The second-order valence-electron chi connectivity index (χ2n) is 7.03. The van der Waals surface area contributed by atoms with E-state index >= 15 is 0 Å². The Balaban J connectivity index is 1.53. The van der Waals surface area contributed by atoms with E-state index in [0.29, 0.717) is 6.54 Å². The lowest BCUT2D eigenvalue weighted by Crippen LogP contribution is -2.37. The van der Waals surface area contributed by atoms with E-state index in [9.17, 15) is 4.79 Å². The van der Waals surface area contributed by atoms with Gasteiger partial charge < -0.3 is 5.32 Å². The summed E-state index contributed by atoms with van der Waals surface area (Å²) in [6, 6.07) is 31.0. The predicted molar refractivity (Wildman–Crippen MR) is 105 cm³/mol. The molecule has 130 valence electrons. The molecule has 26 heavy (non-hydrogen) atoms. The van der Waals surface area contributed by atoms with Crippen molar-refractivity contribution in [1.82, 2.24) is 5.32 Å². The molecule has 1 amide bonds. The van der Waals surface area contributed by atoms with Crippen LogP contribution in [-0.2, 0) is 10.2 Å². The van der Waals surface area contributed by atoms with E-state index < -0.39 is 0 Å². The van der Waals surface area contributed by atoms with Crippen LogP contribution >= 0.6 is 0 Å². The number of nitrogens with one attached hydrogen (secondary N) is 1. The van der Waals surface area contributed by atoms with Crippen LogP contribution in [0.1, 0.15) is 35.4 Å². The van der Waals surface area contributed by atoms with E-state index in [2.05, 4.69) is 66.0 Å². The monoisotopic (exact) mass is 341 g/mol. The van der Waals surface area contributed by atoms with Crippen molar-refractivity contribution in [2.75, 3.05) is 6.54 Å². The molecule has 0 aromatic heterocycles. The van der Waals surface area contributed by atoms with Gasteiger partial charge in [-0.15, -0.1) is 0 Å². The highest BCUT2D eigenvalue weighted by atomic mass is 16.2. The van der Waals surface area contributed by atoms with Gasteiger partial charge in [0.25, 0.3) is 0 Å². The van der Waals surface area contributed by atoms with Gasteiger partial charge in [0.1, 0.15) is 0 Å². The van der Waals surface area contributed by atoms with Crippen LogP contribution in [0.4, 0.5) is 0 Å². The van der Waals surface area contributed by atoms with Gasteiger partial charge in [-0.25, -0.2) is 0 Å². The molecule has 2 nitrogen and oxygen atoms in total. The van der Waals surface area contributed by atoms with Gasteiger partial charge in [-0.2, -0.15) is 0 Å². The van der Waals surface area contributed by atoms with Crippen molar-refractivity contribution in [1.29, 1.82) is 0 Å². The summed E-state index contributed by atoms with van der Waals surface area (Å²) in [6.07, 6.45) is 1.87. The highest BCUT2D eigenvalue weighted by Crippen LogP contribution is 2.48. The molecule has 0 saturated heterocycles. The van der Waals surface area contributed by atoms with Crippen LogP contribution in [0.25, 0.3) is 0 Å². The summed E-state index contributed by atoms with van der Waals surface area (Å²) in [4.78, 5) is 13.0. The van der Waals surface area contributed by atoms with Gasteiger partial charge >= 0.3 is 0 Å². The number of rotatable bonds is 6. The lowest BCUT2D eigenvalue weighted by atomic mass is 9.90. The van der Waals surface area contributed by atoms with Gasteiger partial charge in [0.15, 0.2) is 0 Å². The van der Waals surface area contributed by atoms with Crippen LogP contribution < -0.4 is 5.32 Å². The molecule has 1 aliphatic rings. The molecular formula is C24H23NO. The lowest BCUT2D eigenvalue weighted by molar-refractivity contribution is -0.123. The fraction of sp³-hybridized carbons (Fsp3) is 0.208. The first-order chi connectivity index (χ1) is 12.8. The maximum atomic E-state index is 13.0. The van der Waals surface area contributed by atoms with Crippen molar-refractivity contribution in [3.63, 3.8) is 0 Å². The van der Waals surface area contributed by atoms with E-state index in [1.807, 2.05) is 30.3 Å². The molecule has 0 radical (unpaired) electrons. The summed E-state index contributed by atoms with van der Waals surface area (Å²) >= 11 is 0. The number of hydrogen-bond donors (Lipinski definition) is 1. The molecule has 0 spiro atoms. The molecule has 0 unspecified atom stereocenters. The van der Waals surface area contributed by atoms with Crippen LogP contribution in [0, 0.1) is 0 Å². The van der Waals surface area contributed by atoms with Crippen LogP contribution in [0.3, 0.4) is 0 Å². The molecule has 0 bridgehead atoms. The van der Waals surface area contributed by atoms with Gasteiger partial charge in [0, 0.05) is 12.5 Å². The Morgan fingerprint density at radius 3 is 1.69 bits per heavy atom. The van der Waals surface area contributed by atoms with Gasteiger partial charge in [-0.1, -0.05) is 91.0 Å². The standard InChI is InChI=1S/C24H23NO/c26-23(24(16-17-24)21-14-8-3-9-15-21)25-18-22(19-10-4-1-5-11-19)20-12-6-2-7-13-20/h1-15,22H,16-18H2,(H,25,26). The van der Waals surface area contributed by atoms with Crippen molar-refractivity contribution in [3.05, 3.63) is 108 Å². The SMILES string of the molecule is O=C(NCC(c1ccccc1)c1ccccc1)C1(c2ccccc2)CC1. The lowest BCUT2D eigenvalue weighted by Gasteiger charge is -2.21. The first kappa shape index (κ1) is 16.6. The summed E-state index contributed by atoms with van der Waals surface area (Å²) in [5, 5.41) is 3.24. The van der Waals surface area contributed by atoms with E-state index in [1.165, 1.54) is 11.1 Å². The topological polar surface area (TPSA) is 29.1 Å². The van der Waals surface area contributed by atoms with Crippen molar-refractivity contribution < 1.29 is 4.79 Å². The second kappa shape index (κ2) is 7.17. The molecule has 3 aromatic carbocycles. The van der Waals surface area contributed by atoms with Crippen molar-refractivity contribution in [2.45, 2.75) is 24.2 Å². The summed E-state index contributed by atoms with van der Waals surface area (Å²) in [5.41, 5.74) is 3.26. The number of hydrogen-bond acceptors (Lipinski definition) is 1. The first-order valence-electron chi connectivity index (χ1n) is 9.23. The quantitative estimate of drug-likeness (QED) is 0.694. The molecular weight excluding hydrogens is 318 g/mol. The first-order valence-corrected chi connectivity index (χ1v) is 9.23. The third kappa shape index (κ3) is 3.28. The highest BCUT2D eigenvalue weighted by Gasteiger charge is 2.51. The minimum Gasteiger partial charge on any atom is -0.354 e. The largest absolute Gasteiger partial charge is 0.354 e. The Morgan fingerprint density at radius 2 is 1.23 bits per heavy atom. The number of carbonyl (C=O) groups excluding carboxylic acids is 1. The van der Waals surface area contributed by atoms with Crippen LogP contribution in [0.2, 0.25) is 0 Å². The van der Waals surface area contributed by atoms with Crippen LogP contribution in [-0.4, -0.2) is 12.5 Å². The van der Waals surface area contributed by atoms with Gasteiger partial charge in [0.2, 0.25) is 5.91 Å². The number of benzene rings is 3. The molecule has 0 heterocycles. The summed E-state index contributed by atoms with van der Waals surface area (Å²) in [7, 11) is 0. The average Bonchev–Trinajstić information content (AvgIpc) is 3.52. The number of amides is 1. The fourth-order valence-corrected chi connectivity index (χ4v) is 3.69. The Bertz CT molecular complexity index is 815. The van der Waals surface area contributed by atoms with Gasteiger partial charge in [-0.05, 0) is 29.5 Å². The minimum absolute atomic E-state index is 0.153. The van der Waals surface area contributed by atoms with E-state index in [-0.39, 0.29) is 17.2 Å². The van der Waals surface area contributed by atoms with Gasteiger partial charge in [-0.3, -0.25) is 4.79 Å². The maximum absolute atomic E-state index is 13.0. The molecule has 1 fully saturated rings. The molecule has 3 aromatic rings. The number of carbonyl (C=O) groups is 1. The average molecular weight is 341 g/mol. The van der Waals surface area contributed by atoms with Crippen LogP contribution in [0.15, 0.2) is 91.0 Å². The molecule has 1 saturated carbocycles. The zero-order valence-corrected chi connectivity index (χ0v) is 14.8. The van der Waals surface area contributed by atoms with Crippen molar-refractivity contribution in [3.8, 4) is 0 Å². The van der Waals surface area contributed by atoms with E-state index in [4.69, 9.17) is 0 Å². The molecule has 0 atom stereocenters. The van der Waals surface area contributed by atoms with E-state index in [0.717, 1.165) is 18.4 Å². The summed E-state index contributed by atoms with van der Waals surface area (Å²) in [5.74, 6) is 0.313. The summed E-state index contributed by atoms with van der Waals surface area (Å²) in [6.45, 7) is 0.613. The zero-order valence-electron chi connectivity index (χ0n) is 14.8. The van der Waals surface area contributed by atoms with Crippen molar-refractivity contribution in [2.24, 2.45) is 0 Å². The van der Waals surface area contributed by atoms with Crippen molar-refractivity contribution >= 4 is 5.91 Å². The van der Waals surface area contributed by atoms with E-state index in [1.54, 1.807) is 0 Å². The molecule has 1 aliphatic carbocycles. The molecule has 0 aliphatic heterocycles. The molecule has 1 N–H and O–H groups in total. The highest BCUT2D eigenvalue weighted by molar-refractivity contribution is 5.91. The third-order valence-electron chi connectivity index (χ3n) is 5.38. The fourth-order valence-electron chi connectivity index (χ4n) is 3.69. The van der Waals surface area contributed by atoms with Crippen LogP contribution in [0.5, 0.6) is 0 Å². The Kier molecular flexibility index (Phi) is 4.57. The smallest absolute Gasteiger partial charge is 0.230 e. The molecule has 4 rings (SSSR count). The predicted octanol–water partition coefficient (Wildman–Crippen LogP) is 4.67. The minimum atomic E-state index is -0.320. The summed E-state index contributed by atoms with van der Waals surface area (Å²) < 4.78 is 0. The Labute approximate surface area is 154 Å². The second-order valence-corrected chi connectivity index (χ2v) is 7.03. The normalized spacial score (nSPS) is 14.8. The van der Waals surface area contributed by atoms with Gasteiger partial charge in [0.05, 0.1) is 5.41 Å². The molecule has 2 heteroatoms. The zero-order chi connectivity index (χ0) is 17.8. The Morgan fingerprint density at radius 1 is 0.769 bits per heavy atom. The maximum Gasteiger partial charge on any atom is 0.230 e. The third-order valence-corrected chi connectivity index (χ3v) is 5.38. The Hall–Kier alpha value is -2.87.